The van der Waals surface area contributed by atoms with Gasteiger partial charge in [0.15, 0.2) is 0 Å². The standard InChI is InChI=1S/C32H17NS/c1-3-9-19-17(7-1)21-11-5-13-23-29(21)25(19)15-27-31(23)33-32-24-14-6-12-22-18-8-2-4-10-20(18)26(30(22)24)16-28(32)34-27/h1-16,33H. The highest BCUT2D eigenvalue weighted by Crippen LogP contribution is 2.46. The van der Waals surface area contributed by atoms with Gasteiger partial charge in [0.25, 0.3) is 0 Å². The van der Waals surface area contributed by atoms with E-state index in [4.69, 9.17) is 0 Å². The molecule has 0 spiro atoms. The summed E-state index contributed by atoms with van der Waals surface area (Å²) >= 11 is 1.90. The van der Waals surface area contributed by atoms with Gasteiger partial charge in [-0.3, -0.25) is 0 Å². The van der Waals surface area contributed by atoms with Crippen LogP contribution in [0.2, 0.25) is 0 Å². The number of aromatic nitrogens is 1. The van der Waals surface area contributed by atoms with Crippen LogP contribution >= 0.6 is 11.3 Å². The molecule has 34 heavy (non-hydrogen) atoms. The maximum absolute atomic E-state index is 3.92. The Morgan fingerprint density at radius 3 is 1.24 bits per heavy atom. The number of rotatable bonds is 0. The Bertz CT molecular complexity index is 2120. The van der Waals surface area contributed by atoms with E-state index in [1.54, 1.807) is 0 Å². The topological polar surface area (TPSA) is 15.8 Å². The summed E-state index contributed by atoms with van der Waals surface area (Å²) in [6.45, 7) is 0. The molecule has 0 amide bonds. The first kappa shape index (κ1) is 17.4. The van der Waals surface area contributed by atoms with Gasteiger partial charge < -0.3 is 4.98 Å². The third kappa shape index (κ3) is 1.94. The van der Waals surface area contributed by atoms with Crippen LogP contribution in [0.25, 0.3) is 85.1 Å². The average Bonchev–Trinajstić information content (AvgIpc) is 3.39. The Labute approximate surface area is 198 Å². The van der Waals surface area contributed by atoms with Crippen molar-refractivity contribution in [3.63, 3.8) is 0 Å². The third-order valence-corrected chi connectivity index (χ3v) is 8.82. The minimum Gasteiger partial charge on any atom is -0.352 e. The molecule has 1 heterocycles. The lowest BCUT2D eigenvalue weighted by Gasteiger charge is -2.10. The quantitative estimate of drug-likeness (QED) is 0.176. The second-order valence-electron chi connectivity index (χ2n) is 9.37. The highest BCUT2D eigenvalue weighted by atomic mass is 32.1. The van der Waals surface area contributed by atoms with Crippen molar-refractivity contribution in [3.8, 4) is 0 Å². The van der Waals surface area contributed by atoms with Gasteiger partial charge in [0, 0.05) is 10.8 Å². The van der Waals surface area contributed by atoms with E-state index in [-0.39, 0.29) is 0 Å². The van der Waals surface area contributed by atoms with Crippen LogP contribution in [-0.2, 0) is 0 Å². The molecule has 0 unspecified atom stereocenters. The molecule has 0 atom stereocenters. The van der Waals surface area contributed by atoms with Crippen LogP contribution in [0, 0.1) is 0 Å². The monoisotopic (exact) mass is 447 g/mol. The molecule has 9 aromatic rings. The van der Waals surface area contributed by atoms with Crippen molar-refractivity contribution in [1.29, 1.82) is 0 Å². The van der Waals surface area contributed by atoms with Crippen molar-refractivity contribution in [2.45, 2.75) is 0 Å². The number of hydrogen-bond donors (Lipinski definition) is 1. The SMILES string of the molecule is c1ccc2c(c1)c1cccc3c4[nH]c5c(cc6c7ccccc7c7cccc5c76)sc4cc2c13. The molecule has 0 radical (unpaired) electrons. The molecule has 0 saturated heterocycles. The molecule has 0 saturated carbocycles. The summed E-state index contributed by atoms with van der Waals surface area (Å²) in [5.74, 6) is 0. The van der Waals surface area contributed by atoms with Crippen molar-refractivity contribution >= 4 is 96.4 Å². The van der Waals surface area contributed by atoms with Crippen LogP contribution < -0.4 is 0 Å². The van der Waals surface area contributed by atoms with E-state index in [0.717, 1.165) is 0 Å². The van der Waals surface area contributed by atoms with E-state index in [1.807, 2.05) is 11.3 Å². The molecule has 0 aliphatic rings. The second kappa shape index (κ2) is 5.85. The number of H-pyrrole nitrogens is 1. The number of hydrogen-bond acceptors (Lipinski definition) is 1. The summed E-state index contributed by atoms with van der Waals surface area (Å²) in [5, 5.41) is 16.2. The molecule has 9 rings (SSSR count). The van der Waals surface area contributed by atoms with Crippen molar-refractivity contribution in [1.82, 2.24) is 4.98 Å². The molecule has 1 aromatic heterocycles. The van der Waals surface area contributed by atoms with Gasteiger partial charge in [-0.2, -0.15) is 0 Å². The van der Waals surface area contributed by atoms with Gasteiger partial charge in [0.2, 0.25) is 0 Å². The molecule has 8 aromatic carbocycles. The number of nitrogens with one attached hydrogen (secondary N) is 1. The molecule has 0 bridgehead atoms. The summed E-state index contributed by atoms with van der Waals surface area (Å²) in [4.78, 5) is 3.92. The van der Waals surface area contributed by atoms with Crippen molar-refractivity contribution in [2.75, 3.05) is 0 Å². The lowest BCUT2D eigenvalue weighted by Crippen LogP contribution is -1.85. The Morgan fingerprint density at radius 1 is 0.382 bits per heavy atom. The first-order valence-electron chi connectivity index (χ1n) is 11.7. The van der Waals surface area contributed by atoms with E-state index in [2.05, 4.69) is 102 Å². The van der Waals surface area contributed by atoms with Gasteiger partial charge in [-0.1, -0.05) is 84.9 Å². The third-order valence-electron chi connectivity index (χ3n) is 7.73. The Hall–Kier alpha value is -4.14. The number of fused-ring (bicyclic) bond motifs is 10. The summed E-state index contributed by atoms with van der Waals surface area (Å²) in [6.07, 6.45) is 0. The fourth-order valence-electron chi connectivity index (χ4n) is 6.36. The zero-order chi connectivity index (χ0) is 22.0. The second-order valence-corrected chi connectivity index (χ2v) is 10.5. The Kier molecular flexibility index (Phi) is 2.99. The maximum Gasteiger partial charge on any atom is 0.0640 e. The van der Waals surface area contributed by atoms with Crippen LogP contribution in [0.1, 0.15) is 0 Å². The van der Waals surface area contributed by atoms with E-state index in [0.29, 0.717) is 0 Å². The fraction of sp³-hybridized carbons (Fsp3) is 0. The normalized spacial score (nSPS) is 12.7. The van der Waals surface area contributed by atoms with Crippen LogP contribution in [0.5, 0.6) is 0 Å². The van der Waals surface area contributed by atoms with Gasteiger partial charge >= 0.3 is 0 Å². The van der Waals surface area contributed by atoms with Crippen LogP contribution in [0.4, 0.5) is 0 Å². The van der Waals surface area contributed by atoms with Gasteiger partial charge in [-0.25, -0.2) is 0 Å². The first-order chi connectivity index (χ1) is 16.9. The zero-order valence-electron chi connectivity index (χ0n) is 18.1. The highest BCUT2D eigenvalue weighted by Gasteiger charge is 2.18. The molecule has 156 valence electrons. The van der Waals surface area contributed by atoms with Crippen LogP contribution in [-0.4, -0.2) is 4.98 Å². The van der Waals surface area contributed by atoms with E-state index < -0.39 is 0 Å². The van der Waals surface area contributed by atoms with Gasteiger partial charge in [0.05, 0.1) is 20.4 Å². The van der Waals surface area contributed by atoms with E-state index >= 15 is 0 Å². The lowest BCUT2D eigenvalue weighted by molar-refractivity contribution is 1.57. The highest BCUT2D eigenvalue weighted by molar-refractivity contribution is 7.24. The minimum absolute atomic E-state index is 1.24. The molecule has 1 N–H and O–H groups in total. The molecular weight excluding hydrogens is 430 g/mol. The largest absolute Gasteiger partial charge is 0.352 e. The fourth-order valence-corrected chi connectivity index (χ4v) is 7.48. The predicted molar refractivity (Wildman–Crippen MR) is 150 cm³/mol. The molecule has 2 heteroatoms. The van der Waals surface area contributed by atoms with Crippen molar-refractivity contribution < 1.29 is 0 Å². The van der Waals surface area contributed by atoms with Gasteiger partial charge in [0.1, 0.15) is 0 Å². The summed E-state index contributed by atoms with van der Waals surface area (Å²) in [6, 6.07) is 35.9. The lowest BCUT2D eigenvalue weighted by atomic mass is 10.0. The zero-order valence-corrected chi connectivity index (χ0v) is 19.0. The van der Waals surface area contributed by atoms with E-state index in [1.165, 1.54) is 85.1 Å². The Morgan fingerprint density at radius 2 is 0.765 bits per heavy atom. The van der Waals surface area contributed by atoms with Crippen LogP contribution in [0.3, 0.4) is 0 Å². The molecule has 1 nitrogen and oxygen atoms in total. The smallest absolute Gasteiger partial charge is 0.0640 e. The van der Waals surface area contributed by atoms with Gasteiger partial charge in [-0.05, 0) is 66.0 Å². The summed E-state index contributed by atoms with van der Waals surface area (Å²) in [5.41, 5.74) is 2.48. The maximum atomic E-state index is 3.92. The molecule has 0 aliphatic carbocycles. The number of benzene rings is 6. The minimum atomic E-state index is 1.24. The summed E-state index contributed by atoms with van der Waals surface area (Å²) < 4.78 is 2.61. The van der Waals surface area contributed by atoms with Gasteiger partial charge in [-0.15, -0.1) is 11.3 Å². The van der Waals surface area contributed by atoms with Crippen molar-refractivity contribution in [3.05, 3.63) is 97.1 Å². The van der Waals surface area contributed by atoms with Crippen LogP contribution in [0.15, 0.2) is 97.1 Å². The number of aromatic amines is 1. The predicted octanol–water partition coefficient (Wildman–Crippen LogP) is 9.74. The Balaban J connectivity index is 1.56. The first-order valence-corrected chi connectivity index (χ1v) is 12.5. The molecule has 0 aliphatic heterocycles. The summed E-state index contributed by atoms with van der Waals surface area (Å²) in [7, 11) is 0. The van der Waals surface area contributed by atoms with E-state index in [9.17, 15) is 0 Å². The van der Waals surface area contributed by atoms with Crippen molar-refractivity contribution in [2.24, 2.45) is 0 Å². The molecule has 0 fully saturated rings. The molecular formula is C32H17NS. The average molecular weight is 448 g/mol.